The fourth-order valence-electron chi connectivity index (χ4n) is 3.58. The Kier molecular flexibility index (Phi) is 5.28. The number of anilines is 2. The molecule has 1 aliphatic heterocycles. The first-order valence-electron chi connectivity index (χ1n) is 9.56. The van der Waals surface area contributed by atoms with Crippen molar-refractivity contribution >= 4 is 17.4 Å². The van der Waals surface area contributed by atoms with Crippen molar-refractivity contribution in [2.75, 3.05) is 23.3 Å². The molecule has 1 aromatic carbocycles. The topological polar surface area (TPSA) is 71.0 Å². The van der Waals surface area contributed by atoms with Gasteiger partial charge in [-0.25, -0.2) is 0 Å². The molecule has 4 rings (SSSR count). The van der Waals surface area contributed by atoms with E-state index in [1.807, 2.05) is 36.4 Å². The summed E-state index contributed by atoms with van der Waals surface area (Å²) < 4.78 is 0. The molecule has 0 radical (unpaired) electrons. The van der Waals surface area contributed by atoms with Crippen molar-refractivity contribution < 1.29 is 4.79 Å². The normalized spacial score (nSPS) is 16.6. The maximum atomic E-state index is 12.6. The largest absolute Gasteiger partial charge is 0.354 e. The second-order valence-corrected chi connectivity index (χ2v) is 7.11. The maximum absolute atomic E-state index is 12.6. The number of carbonyl (C=O) groups is 1. The molecule has 0 spiro atoms. The summed E-state index contributed by atoms with van der Waals surface area (Å²) in [5, 5.41) is 11.8. The third-order valence-electron chi connectivity index (χ3n) is 5.12. The van der Waals surface area contributed by atoms with Gasteiger partial charge in [-0.2, -0.15) is 0 Å². The van der Waals surface area contributed by atoms with Crippen LogP contribution >= 0.6 is 0 Å². The van der Waals surface area contributed by atoms with Gasteiger partial charge in [0.2, 0.25) is 5.91 Å². The molecule has 2 aromatic heterocycles. The number of nitrogens with zero attached hydrogens (tertiary/aromatic N) is 4. The Labute approximate surface area is 164 Å². The van der Waals surface area contributed by atoms with E-state index in [1.54, 1.807) is 12.4 Å². The number of nitrogens with one attached hydrogen (secondary N) is 1. The summed E-state index contributed by atoms with van der Waals surface area (Å²) in [6.45, 7) is 3.60. The van der Waals surface area contributed by atoms with Gasteiger partial charge in [-0.1, -0.05) is 24.3 Å². The molecule has 1 amide bonds. The SMILES string of the molecule is Cc1ccccc1-c1ccc(N2CCCC(C(=O)Nc3cccnc3)C2)nn1. The number of hydrogen-bond donors (Lipinski definition) is 1. The summed E-state index contributed by atoms with van der Waals surface area (Å²) in [5.41, 5.74) is 3.86. The van der Waals surface area contributed by atoms with E-state index in [0.717, 1.165) is 42.1 Å². The number of rotatable bonds is 4. The summed E-state index contributed by atoms with van der Waals surface area (Å²) in [7, 11) is 0. The molecular formula is C22H23N5O. The molecule has 0 aliphatic carbocycles. The molecule has 0 bridgehead atoms. The van der Waals surface area contributed by atoms with Crippen LogP contribution in [0.2, 0.25) is 0 Å². The van der Waals surface area contributed by atoms with Crippen LogP contribution in [0.1, 0.15) is 18.4 Å². The molecule has 1 fully saturated rings. The van der Waals surface area contributed by atoms with Crippen LogP contribution in [-0.4, -0.2) is 34.2 Å². The number of benzene rings is 1. The lowest BCUT2D eigenvalue weighted by molar-refractivity contribution is -0.120. The molecule has 6 heteroatoms. The summed E-state index contributed by atoms with van der Waals surface area (Å²) in [6.07, 6.45) is 5.18. The van der Waals surface area contributed by atoms with Gasteiger partial charge in [-0.15, -0.1) is 10.2 Å². The minimum absolute atomic E-state index is 0.0298. The molecule has 1 unspecified atom stereocenters. The van der Waals surface area contributed by atoms with Crippen molar-refractivity contribution in [2.45, 2.75) is 19.8 Å². The first kappa shape index (κ1) is 18.1. The van der Waals surface area contributed by atoms with Gasteiger partial charge in [0, 0.05) is 24.8 Å². The number of carbonyl (C=O) groups excluding carboxylic acids is 1. The van der Waals surface area contributed by atoms with Crippen molar-refractivity contribution in [3.8, 4) is 11.3 Å². The van der Waals surface area contributed by atoms with E-state index in [9.17, 15) is 4.79 Å². The van der Waals surface area contributed by atoms with Gasteiger partial charge in [0.1, 0.15) is 0 Å². The Morgan fingerprint density at radius 1 is 1.11 bits per heavy atom. The molecule has 3 heterocycles. The highest BCUT2D eigenvalue weighted by molar-refractivity contribution is 5.92. The number of aryl methyl sites for hydroxylation is 1. The van der Waals surface area contributed by atoms with Crippen molar-refractivity contribution in [3.05, 3.63) is 66.5 Å². The predicted octanol–water partition coefficient (Wildman–Crippen LogP) is 3.70. The summed E-state index contributed by atoms with van der Waals surface area (Å²) in [4.78, 5) is 18.8. The predicted molar refractivity (Wildman–Crippen MR) is 110 cm³/mol. The summed E-state index contributed by atoms with van der Waals surface area (Å²) in [6, 6.07) is 15.8. The minimum Gasteiger partial charge on any atom is -0.354 e. The van der Waals surface area contributed by atoms with Crippen LogP contribution in [0.3, 0.4) is 0 Å². The molecule has 0 saturated carbocycles. The number of aromatic nitrogens is 3. The second-order valence-electron chi connectivity index (χ2n) is 7.11. The van der Waals surface area contributed by atoms with Crippen molar-refractivity contribution in [1.82, 2.24) is 15.2 Å². The lowest BCUT2D eigenvalue weighted by atomic mass is 9.97. The van der Waals surface area contributed by atoms with Crippen LogP contribution in [0.5, 0.6) is 0 Å². The van der Waals surface area contributed by atoms with Crippen LogP contribution in [0.25, 0.3) is 11.3 Å². The van der Waals surface area contributed by atoms with Crippen LogP contribution in [0.15, 0.2) is 60.9 Å². The Morgan fingerprint density at radius 3 is 2.75 bits per heavy atom. The standard InChI is InChI=1S/C22H23N5O/c1-16-6-2-3-9-19(16)20-10-11-21(26-25-20)27-13-5-7-17(15-27)22(28)24-18-8-4-12-23-14-18/h2-4,6,8-12,14,17H,5,7,13,15H2,1H3,(H,24,28). The quantitative estimate of drug-likeness (QED) is 0.755. The molecular weight excluding hydrogens is 350 g/mol. The van der Waals surface area contributed by atoms with Crippen LogP contribution in [0.4, 0.5) is 11.5 Å². The van der Waals surface area contributed by atoms with Gasteiger partial charge in [-0.05, 0) is 49.6 Å². The average Bonchev–Trinajstić information content (AvgIpc) is 2.75. The highest BCUT2D eigenvalue weighted by Crippen LogP contribution is 2.25. The molecule has 1 N–H and O–H groups in total. The second kappa shape index (κ2) is 8.17. The Hall–Kier alpha value is -3.28. The van der Waals surface area contributed by atoms with E-state index in [2.05, 4.69) is 44.5 Å². The Morgan fingerprint density at radius 2 is 2.00 bits per heavy atom. The van der Waals surface area contributed by atoms with Gasteiger partial charge >= 0.3 is 0 Å². The lowest BCUT2D eigenvalue weighted by Crippen LogP contribution is -2.41. The number of pyridine rings is 1. The Balaban J connectivity index is 1.44. The maximum Gasteiger partial charge on any atom is 0.229 e. The first-order chi connectivity index (χ1) is 13.7. The van der Waals surface area contributed by atoms with E-state index in [-0.39, 0.29) is 11.8 Å². The third kappa shape index (κ3) is 4.01. The first-order valence-corrected chi connectivity index (χ1v) is 9.56. The number of amides is 1. The fourth-order valence-corrected chi connectivity index (χ4v) is 3.58. The van der Waals surface area contributed by atoms with Gasteiger partial charge in [0.25, 0.3) is 0 Å². The summed E-state index contributed by atoms with van der Waals surface area (Å²) in [5.74, 6) is 0.769. The van der Waals surface area contributed by atoms with Gasteiger partial charge < -0.3 is 10.2 Å². The van der Waals surface area contributed by atoms with Gasteiger partial charge in [0.05, 0.1) is 23.5 Å². The highest BCUT2D eigenvalue weighted by Gasteiger charge is 2.27. The van der Waals surface area contributed by atoms with Crippen LogP contribution in [-0.2, 0) is 4.79 Å². The molecule has 1 atom stereocenters. The lowest BCUT2D eigenvalue weighted by Gasteiger charge is -2.32. The van der Waals surface area contributed by atoms with E-state index in [0.29, 0.717) is 6.54 Å². The molecule has 6 nitrogen and oxygen atoms in total. The summed E-state index contributed by atoms with van der Waals surface area (Å²) >= 11 is 0. The van der Waals surface area contributed by atoms with Crippen LogP contribution in [0, 0.1) is 12.8 Å². The van der Waals surface area contributed by atoms with E-state index in [1.165, 1.54) is 5.56 Å². The van der Waals surface area contributed by atoms with Crippen molar-refractivity contribution in [2.24, 2.45) is 5.92 Å². The smallest absolute Gasteiger partial charge is 0.229 e. The Bertz CT molecular complexity index is 943. The fraction of sp³-hybridized carbons (Fsp3) is 0.273. The van der Waals surface area contributed by atoms with Crippen LogP contribution < -0.4 is 10.2 Å². The zero-order valence-electron chi connectivity index (χ0n) is 15.9. The molecule has 1 saturated heterocycles. The van der Waals surface area contributed by atoms with E-state index >= 15 is 0 Å². The van der Waals surface area contributed by atoms with Gasteiger partial charge in [0.15, 0.2) is 5.82 Å². The van der Waals surface area contributed by atoms with E-state index in [4.69, 9.17) is 0 Å². The monoisotopic (exact) mass is 373 g/mol. The zero-order valence-corrected chi connectivity index (χ0v) is 15.9. The zero-order chi connectivity index (χ0) is 19.3. The minimum atomic E-state index is -0.0770. The molecule has 142 valence electrons. The van der Waals surface area contributed by atoms with E-state index < -0.39 is 0 Å². The molecule has 1 aliphatic rings. The molecule has 3 aromatic rings. The van der Waals surface area contributed by atoms with Crippen molar-refractivity contribution in [1.29, 1.82) is 0 Å². The highest BCUT2D eigenvalue weighted by atomic mass is 16.1. The van der Waals surface area contributed by atoms with Gasteiger partial charge in [-0.3, -0.25) is 9.78 Å². The number of piperidine rings is 1. The number of hydrogen-bond acceptors (Lipinski definition) is 5. The molecule has 28 heavy (non-hydrogen) atoms. The average molecular weight is 373 g/mol. The van der Waals surface area contributed by atoms with Crippen molar-refractivity contribution in [3.63, 3.8) is 0 Å². The third-order valence-corrected chi connectivity index (χ3v) is 5.12.